The Morgan fingerprint density at radius 1 is 0.969 bits per heavy atom. The Kier molecular flexibility index (Phi) is 5.49. The molecule has 0 bridgehead atoms. The first kappa shape index (κ1) is 22.8. The van der Waals surface area contributed by atoms with Crippen LogP contribution in [0, 0.1) is 5.82 Å². The van der Waals surface area contributed by atoms with Gasteiger partial charge in [-0.2, -0.15) is 13.2 Å². The van der Waals surface area contributed by atoms with Crippen LogP contribution in [0.5, 0.6) is 5.75 Å². The predicted octanol–water partition coefficient (Wildman–Crippen LogP) is 3.47. The number of halogens is 7. The molecule has 2 N–H and O–H groups in total. The summed E-state index contributed by atoms with van der Waals surface area (Å²) in [6.45, 7) is 0. The highest BCUT2D eigenvalue weighted by molar-refractivity contribution is 6.24. The third-order valence-corrected chi connectivity index (χ3v) is 4.19. The van der Waals surface area contributed by atoms with Crippen LogP contribution in [0.1, 0.15) is 10.4 Å². The molecule has 0 aromatic heterocycles. The molecule has 0 unspecified atom stereocenters. The number of alkyl halides is 6. The lowest BCUT2D eigenvalue weighted by molar-refractivity contribution is -0.274. The van der Waals surface area contributed by atoms with Crippen molar-refractivity contribution in [1.82, 2.24) is 10.6 Å². The molecule has 1 heterocycles. The van der Waals surface area contributed by atoms with Crippen LogP contribution < -0.4 is 20.3 Å². The van der Waals surface area contributed by atoms with Gasteiger partial charge in [0.05, 0.1) is 11.3 Å². The standard InChI is InChI=1S/C18H10F7N3O4/c19-12-4-2-1-3-11(12)13(29)26-16(17(20,21)22)14(30)28(15(31)27-16)9-5-7-10(8-6-9)32-18(23,24)25/h1-8H,(H,26,29)(H,27,31)/t16-/m0/s1. The van der Waals surface area contributed by atoms with Crippen LogP contribution in [0.15, 0.2) is 48.5 Å². The molecule has 14 heteroatoms. The average molecular weight is 465 g/mol. The predicted molar refractivity (Wildman–Crippen MR) is 91.8 cm³/mol. The van der Waals surface area contributed by atoms with Crippen molar-refractivity contribution in [3.63, 3.8) is 0 Å². The fourth-order valence-electron chi connectivity index (χ4n) is 2.79. The summed E-state index contributed by atoms with van der Waals surface area (Å²) in [6.07, 6.45) is -10.6. The minimum Gasteiger partial charge on any atom is -0.406 e. The van der Waals surface area contributed by atoms with Crippen molar-refractivity contribution >= 4 is 23.5 Å². The van der Waals surface area contributed by atoms with Crippen LogP contribution in [0.2, 0.25) is 0 Å². The van der Waals surface area contributed by atoms with Gasteiger partial charge >= 0.3 is 18.6 Å². The summed E-state index contributed by atoms with van der Waals surface area (Å²) in [7, 11) is 0. The molecule has 1 fully saturated rings. The highest BCUT2D eigenvalue weighted by Crippen LogP contribution is 2.36. The molecule has 3 rings (SSSR count). The second kappa shape index (κ2) is 7.69. The highest BCUT2D eigenvalue weighted by atomic mass is 19.4. The maximum Gasteiger partial charge on any atom is 0.573 e. The fraction of sp³-hybridized carbons (Fsp3) is 0.167. The monoisotopic (exact) mass is 465 g/mol. The van der Waals surface area contributed by atoms with Crippen molar-refractivity contribution in [2.45, 2.75) is 18.2 Å². The Morgan fingerprint density at radius 3 is 2.09 bits per heavy atom. The molecule has 0 radical (unpaired) electrons. The van der Waals surface area contributed by atoms with E-state index in [2.05, 4.69) is 4.74 Å². The SMILES string of the molecule is O=C(N[C@]1(C(F)(F)F)NC(=O)N(c2ccc(OC(F)(F)F)cc2)C1=O)c1ccccc1F. The fourth-order valence-corrected chi connectivity index (χ4v) is 2.79. The van der Waals surface area contributed by atoms with E-state index in [1.165, 1.54) is 16.7 Å². The molecule has 1 aliphatic heterocycles. The number of anilines is 1. The summed E-state index contributed by atoms with van der Waals surface area (Å²) in [5.41, 5.74) is -5.33. The number of nitrogens with zero attached hydrogens (tertiary/aromatic N) is 1. The third kappa shape index (κ3) is 4.15. The molecular formula is C18H10F7N3O4. The Balaban J connectivity index is 1.95. The van der Waals surface area contributed by atoms with E-state index in [4.69, 9.17) is 0 Å². The van der Waals surface area contributed by atoms with Crippen molar-refractivity contribution in [2.24, 2.45) is 0 Å². The zero-order valence-electron chi connectivity index (χ0n) is 15.3. The first-order valence-corrected chi connectivity index (χ1v) is 8.41. The molecule has 2 aromatic rings. The number of amides is 4. The molecule has 0 aliphatic carbocycles. The van der Waals surface area contributed by atoms with E-state index in [9.17, 15) is 45.1 Å². The Morgan fingerprint density at radius 2 is 1.56 bits per heavy atom. The second-order valence-corrected chi connectivity index (χ2v) is 6.29. The molecule has 32 heavy (non-hydrogen) atoms. The van der Waals surface area contributed by atoms with Gasteiger partial charge in [-0.1, -0.05) is 12.1 Å². The number of rotatable bonds is 4. The maximum absolute atomic E-state index is 13.8. The van der Waals surface area contributed by atoms with Gasteiger partial charge < -0.3 is 10.1 Å². The van der Waals surface area contributed by atoms with Crippen molar-refractivity contribution in [3.8, 4) is 5.75 Å². The summed E-state index contributed by atoms with van der Waals surface area (Å²) in [6, 6.07) is 5.11. The second-order valence-electron chi connectivity index (χ2n) is 6.29. The van der Waals surface area contributed by atoms with E-state index in [0.29, 0.717) is 12.1 Å². The van der Waals surface area contributed by atoms with Gasteiger partial charge in [0.25, 0.3) is 17.5 Å². The topological polar surface area (TPSA) is 87.7 Å². The average Bonchev–Trinajstić information content (AvgIpc) is 2.92. The number of ether oxygens (including phenoxy) is 1. The maximum atomic E-state index is 13.8. The zero-order valence-corrected chi connectivity index (χ0v) is 15.3. The smallest absolute Gasteiger partial charge is 0.406 e. The summed E-state index contributed by atoms with van der Waals surface area (Å²) < 4.78 is 95.7. The number of hydrogen-bond acceptors (Lipinski definition) is 4. The number of imide groups is 1. The molecule has 2 aromatic carbocycles. The van der Waals surface area contributed by atoms with E-state index in [0.717, 1.165) is 30.3 Å². The molecule has 170 valence electrons. The van der Waals surface area contributed by atoms with Crippen molar-refractivity contribution in [1.29, 1.82) is 0 Å². The van der Waals surface area contributed by atoms with Crippen LogP contribution >= 0.6 is 0 Å². The summed E-state index contributed by atoms with van der Waals surface area (Å²) in [5, 5.41) is 2.64. The largest absolute Gasteiger partial charge is 0.573 e. The molecular weight excluding hydrogens is 455 g/mol. The van der Waals surface area contributed by atoms with E-state index in [-0.39, 0.29) is 4.90 Å². The van der Waals surface area contributed by atoms with E-state index in [1.54, 1.807) is 0 Å². The van der Waals surface area contributed by atoms with Crippen LogP contribution in [0.4, 0.5) is 41.2 Å². The minimum atomic E-state index is -5.57. The molecule has 0 spiro atoms. The summed E-state index contributed by atoms with van der Waals surface area (Å²) in [4.78, 5) is 37.1. The first-order valence-electron chi connectivity index (χ1n) is 8.41. The third-order valence-electron chi connectivity index (χ3n) is 4.19. The lowest BCUT2D eigenvalue weighted by Crippen LogP contribution is -2.69. The number of carbonyl (C=O) groups excluding carboxylic acids is 3. The molecule has 1 atom stereocenters. The number of benzene rings is 2. The molecule has 4 amide bonds. The van der Waals surface area contributed by atoms with Gasteiger partial charge in [0, 0.05) is 0 Å². The van der Waals surface area contributed by atoms with Gasteiger partial charge in [0.1, 0.15) is 11.6 Å². The van der Waals surface area contributed by atoms with Crippen molar-refractivity contribution in [2.75, 3.05) is 4.90 Å². The van der Waals surface area contributed by atoms with E-state index >= 15 is 0 Å². The molecule has 0 saturated carbocycles. The lowest BCUT2D eigenvalue weighted by atomic mass is 10.1. The van der Waals surface area contributed by atoms with Crippen LogP contribution in [-0.2, 0) is 4.79 Å². The van der Waals surface area contributed by atoms with Crippen LogP contribution in [-0.4, -0.2) is 36.0 Å². The molecule has 7 nitrogen and oxygen atoms in total. The van der Waals surface area contributed by atoms with E-state index < -0.39 is 58.9 Å². The van der Waals surface area contributed by atoms with Crippen LogP contribution in [0.25, 0.3) is 0 Å². The van der Waals surface area contributed by atoms with Crippen molar-refractivity contribution < 1.29 is 49.9 Å². The Bertz CT molecular complexity index is 1070. The van der Waals surface area contributed by atoms with Gasteiger partial charge in [-0.05, 0) is 36.4 Å². The van der Waals surface area contributed by atoms with Crippen LogP contribution in [0.3, 0.4) is 0 Å². The summed E-state index contributed by atoms with van der Waals surface area (Å²) in [5.74, 6) is -5.60. The van der Waals surface area contributed by atoms with Crippen molar-refractivity contribution in [3.05, 3.63) is 59.9 Å². The minimum absolute atomic E-state index is 0.0352. The van der Waals surface area contributed by atoms with Gasteiger partial charge in [-0.25, -0.2) is 14.1 Å². The lowest BCUT2D eigenvalue weighted by Gasteiger charge is -2.29. The van der Waals surface area contributed by atoms with Gasteiger partial charge in [0.15, 0.2) is 0 Å². The number of hydrogen-bond donors (Lipinski definition) is 2. The Labute approximate surface area is 173 Å². The van der Waals surface area contributed by atoms with Gasteiger partial charge in [-0.15, -0.1) is 13.2 Å². The normalized spacial score (nSPS) is 19.0. The molecule has 1 saturated heterocycles. The van der Waals surface area contributed by atoms with E-state index in [1.807, 2.05) is 0 Å². The highest BCUT2D eigenvalue weighted by Gasteiger charge is 2.69. The quantitative estimate of drug-likeness (QED) is 0.535. The number of carbonyl (C=O) groups is 3. The number of nitrogens with one attached hydrogen (secondary N) is 2. The first-order chi connectivity index (χ1) is 14.7. The Hall–Kier alpha value is -3.84. The van der Waals surface area contributed by atoms with Gasteiger partial charge in [-0.3, -0.25) is 14.9 Å². The number of urea groups is 1. The van der Waals surface area contributed by atoms with Gasteiger partial charge in [0.2, 0.25) is 0 Å². The summed E-state index contributed by atoms with van der Waals surface area (Å²) >= 11 is 0. The molecule has 1 aliphatic rings. The zero-order chi connectivity index (χ0) is 23.9.